The molecule has 2 N–H and O–H groups in total. The number of H-pyrrole nitrogens is 1. The molecule has 0 saturated heterocycles. The molecule has 0 spiro atoms. The van der Waals surface area contributed by atoms with Crippen LogP contribution in [0.1, 0.15) is 16.1 Å². The van der Waals surface area contributed by atoms with E-state index >= 15 is 0 Å². The third-order valence-electron chi connectivity index (χ3n) is 4.36. The van der Waals surface area contributed by atoms with Crippen molar-refractivity contribution in [2.45, 2.75) is 6.18 Å². The van der Waals surface area contributed by atoms with Crippen LogP contribution in [0.3, 0.4) is 0 Å². The van der Waals surface area contributed by atoms with E-state index in [-0.39, 0.29) is 5.69 Å². The van der Waals surface area contributed by atoms with E-state index in [4.69, 9.17) is 11.6 Å². The first-order chi connectivity index (χ1) is 13.8. The fourth-order valence-electron chi connectivity index (χ4n) is 2.93. The van der Waals surface area contributed by atoms with Crippen LogP contribution >= 0.6 is 11.6 Å². The molecule has 2 aromatic carbocycles. The van der Waals surface area contributed by atoms with Crippen LogP contribution in [0, 0.1) is 0 Å². The summed E-state index contributed by atoms with van der Waals surface area (Å²) >= 11 is 6.24. The zero-order valence-corrected chi connectivity index (χ0v) is 15.5. The van der Waals surface area contributed by atoms with Crippen LogP contribution in [0.4, 0.5) is 18.9 Å². The van der Waals surface area contributed by atoms with E-state index < -0.39 is 17.8 Å². The molecule has 2 heterocycles. The largest absolute Gasteiger partial charge is 0.433 e. The summed E-state index contributed by atoms with van der Waals surface area (Å²) in [4.78, 5) is 19.0. The van der Waals surface area contributed by atoms with Crippen LogP contribution in [-0.4, -0.2) is 15.9 Å². The quantitative estimate of drug-likeness (QED) is 0.421. The molecule has 146 valence electrons. The fraction of sp³-hybridized carbons (Fsp3) is 0.0476. The second kappa shape index (κ2) is 7.25. The predicted molar refractivity (Wildman–Crippen MR) is 106 cm³/mol. The monoisotopic (exact) mass is 415 g/mol. The number of fused-ring (bicyclic) bond motifs is 1. The number of pyridine rings is 1. The Morgan fingerprint density at radius 3 is 2.52 bits per heavy atom. The van der Waals surface area contributed by atoms with E-state index in [2.05, 4.69) is 15.3 Å². The number of benzene rings is 2. The van der Waals surface area contributed by atoms with Crippen LogP contribution in [0.5, 0.6) is 0 Å². The number of nitrogens with zero attached hydrogens (tertiary/aromatic N) is 1. The molecule has 0 bridgehead atoms. The van der Waals surface area contributed by atoms with Gasteiger partial charge in [0.15, 0.2) is 0 Å². The van der Waals surface area contributed by atoms with Crippen molar-refractivity contribution < 1.29 is 18.0 Å². The molecule has 0 aliphatic carbocycles. The molecule has 0 aliphatic rings. The van der Waals surface area contributed by atoms with Crippen LogP contribution in [-0.2, 0) is 6.18 Å². The molecule has 29 heavy (non-hydrogen) atoms. The van der Waals surface area contributed by atoms with Crippen molar-refractivity contribution in [3.8, 4) is 11.3 Å². The SMILES string of the molecule is O=C(Nc1ccc(C(F)(F)F)nc1)c1ccc2cc(-c3ccccc3Cl)[nH]c2c1. The van der Waals surface area contributed by atoms with Crippen molar-refractivity contribution in [1.82, 2.24) is 9.97 Å². The Balaban J connectivity index is 1.58. The molecule has 2 aromatic heterocycles. The second-order valence-corrected chi connectivity index (χ2v) is 6.76. The number of nitrogens with one attached hydrogen (secondary N) is 2. The molecular formula is C21H13ClF3N3O. The highest BCUT2D eigenvalue weighted by Gasteiger charge is 2.32. The highest BCUT2D eigenvalue weighted by atomic mass is 35.5. The van der Waals surface area contributed by atoms with Gasteiger partial charge in [-0.3, -0.25) is 4.79 Å². The first-order valence-corrected chi connectivity index (χ1v) is 8.91. The number of rotatable bonds is 3. The maximum absolute atomic E-state index is 12.6. The molecule has 0 saturated carbocycles. The number of carbonyl (C=O) groups is 1. The molecule has 1 amide bonds. The summed E-state index contributed by atoms with van der Waals surface area (Å²) in [7, 11) is 0. The first kappa shape index (κ1) is 19.0. The van der Waals surface area contributed by atoms with E-state index in [1.165, 1.54) is 0 Å². The Bertz CT molecular complexity index is 1200. The van der Waals surface area contributed by atoms with E-state index in [1.807, 2.05) is 24.3 Å². The number of carbonyl (C=O) groups excluding carboxylic acids is 1. The lowest BCUT2D eigenvalue weighted by atomic mass is 10.1. The standard InChI is InChI=1S/C21H13ClF3N3O/c22-16-4-2-1-3-15(16)18-9-12-5-6-13(10-17(12)28-18)20(29)27-14-7-8-19(26-11-14)21(23,24)25/h1-11,28H,(H,27,29). The molecule has 4 nitrogen and oxygen atoms in total. The van der Waals surface area contributed by atoms with Gasteiger partial charge in [0.05, 0.1) is 11.9 Å². The van der Waals surface area contributed by atoms with Crippen molar-refractivity contribution in [2.24, 2.45) is 0 Å². The van der Waals surface area contributed by atoms with Gasteiger partial charge in [0.1, 0.15) is 5.69 Å². The normalized spacial score (nSPS) is 11.6. The van der Waals surface area contributed by atoms with Crippen molar-refractivity contribution in [3.05, 3.63) is 83.1 Å². The van der Waals surface area contributed by atoms with Crippen molar-refractivity contribution in [2.75, 3.05) is 5.32 Å². The van der Waals surface area contributed by atoms with E-state index in [1.54, 1.807) is 24.3 Å². The maximum Gasteiger partial charge on any atom is 0.433 e. The minimum atomic E-state index is -4.53. The minimum absolute atomic E-state index is 0.173. The molecule has 0 atom stereocenters. The third kappa shape index (κ3) is 3.95. The zero-order chi connectivity index (χ0) is 20.6. The maximum atomic E-state index is 12.6. The molecule has 0 unspecified atom stereocenters. The van der Waals surface area contributed by atoms with Gasteiger partial charge >= 0.3 is 6.18 Å². The molecule has 4 aromatic rings. The van der Waals surface area contributed by atoms with E-state index in [0.717, 1.165) is 40.5 Å². The summed E-state index contributed by atoms with van der Waals surface area (Å²) in [6.07, 6.45) is -3.55. The van der Waals surface area contributed by atoms with E-state index in [9.17, 15) is 18.0 Å². The Hall–Kier alpha value is -3.32. The van der Waals surface area contributed by atoms with Gasteiger partial charge in [0.25, 0.3) is 5.91 Å². The van der Waals surface area contributed by atoms with Gasteiger partial charge in [-0.15, -0.1) is 0 Å². The summed E-state index contributed by atoms with van der Waals surface area (Å²) in [5.74, 6) is -0.456. The minimum Gasteiger partial charge on any atom is -0.354 e. The number of anilines is 1. The third-order valence-corrected chi connectivity index (χ3v) is 4.69. The number of hydrogen-bond donors (Lipinski definition) is 2. The zero-order valence-electron chi connectivity index (χ0n) is 14.7. The topological polar surface area (TPSA) is 57.8 Å². The van der Waals surface area contributed by atoms with Crippen molar-refractivity contribution >= 4 is 34.1 Å². The average molecular weight is 416 g/mol. The van der Waals surface area contributed by atoms with Gasteiger partial charge < -0.3 is 10.3 Å². The smallest absolute Gasteiger partial charge is 0.354 e. The average Bonchev–Trinajstić information content (AvgIpc) is 3.11. The number of aromatic amines is 1. The number of amides is 1. The first-order valence-electron chi connectivity index (χ1n) is 8.53. The van der Waals surface area contributed by atoms with Crippen molar-refractivity contribution in [3.63, 3.8) is 0 Å². The lowest BCUT2D eigenvalue weighted by molar-refractivity contribution is -0.141. The molecular weight excluding hydrogens is 403 g/mol. The predicted octanol–water partition coefficient (Wildman–Crippen LogP) is 6.15. The Kier molecular flexibility index (Phi) is 4.76. The Morgan fingerprint density at radius 2 is 1.83 bits per heavy atom. The van der Waals surface area contributed by atoms with Crippen LogP contribution in [0.25, 0.3) is 22.2 Å². The highest BCUT2D eigenvalue weighted by Crippen LogP contribution is 2.30. The van der Waals surface area contributed by atoms with Gasteiger partial charge in [0, 0.05) is 32.7 Å². The van der Waals surface area contributed by atoms with Gasteiger partial charge in [0.2, 0.25) is 0 Å². The van der Waals surface area contributed by atoms with Crippen LogP contribution in [0.2, 0.25) is 5.02 Å². The summed E-state index contributed by atoms with van der Waals surface area (Å²) in [6, 6.07) is 16.4. The number of halogens is 4. The Labute approximate surface area is 168 Å². The molecule has 0 aliphatic heterocycles. The van der Waals surface area contributed by atoms with Crippen LogP contribution in [0.15, 0.2) is 66.9 Å². The van der Waals surface area contributed by atoms with Gasteiger partial charge in [-0.25, -0.2) is 4.98 Å². The summed E-state index contributed by atoms with van der Waals surface area (Å²) in [5, 5.41) is 4.04. The van der Waals surface area contributed by atoms with E-state index in [0.29, 0.717) is 10.6 Å². The molecule has 0 fully saturated rings. The lowest BCUT2D eigenvalue weighted by Crippen LogP contribution is -2.13. The second-order valence-electron chi connectivity index (χ2n) is 6.35. The van der Waals surface area contributed by atoms with Gasteiger partial charge in [-0.1, -0.05) is 35.9 Å². The van der Waals surface area contributed by atoms with Crippen LogP contribution < -0.4 is 5.32 Å². The summed E-state index contributed by atoms with van der Waals surface area (Å²) in [6.45, 7) is 0. The fourth-order valence-corrected chi connectivity index (χ4v) is 3.17. The number of alkyl halides is 3. The summed E-state index contributed by atoms with van der Waals surface area (Å²) in [5.41, 5.74) is 1.90. The highest BCUT2D eigenvalue weighted by molar-refractivity contribution is 6.33. The number of hydrogen-bond acceptors (Lipinski definition) is 2. The molecule has 0 radical (unpaired) electrons. The Morgan fingerprint density at radius 1 is 1.03 bits per heavy atom. The number of aromatic nitrogens is 2. The van der Waals surface area contributed by atoms with Gasteiger partial charge in [-0.05, 0) is 36.4 Å². The van der Waals surface area contributed by atoms with Crippen molar-refractivity contribution in [1.29, 1.82) is 0 Å². The van der Waals surface area contributed by atoms with Gasteiger partial charge in [-0.2, -0.15) is 13.2 Å². The summed E-state index contributed by atoms with van der Waals surface area (Å²) < 4.78 is 37.8. The lowest BCUT2D eigenvalue weighted by Gasteiger charge is -2.08. The molecule has 8 heteroatoms. The molecule has 4 rings (SSSR count).